The molecule has 28 heavy (non-hydrogen) atoms. The molecule has 1 amide bonds. The highest BCUT2D eigenvalue weighted by atomic mass is 79.9. The highest BCUT2D eigenvalue weighted by molar-refractivity contribution is 9.10. The Kier molecular flexibility index (Phi) is 6.90. The van der Waals surface area contributed by atoms with Gasteiger partial charge in [-0.05, 0) is 64.5 Å². The van der Waals surface area contributed by atoms with Crippen LogP contribution in [0.25, 0.3) is 11.3 Å². The minimum absolute atomic E-state index is 0.132. The fourth-order valence-electron chi connectivity index (χ4n) is 2.23. The van der Waals surface area contributed by atoms with Crippen LogP contribution in [0.4, 0.5) is 5.13 Å². The van der Waals surface area contributed by atoms with Crippen molar-refractivity contribution in [3.8, 4) is 17.0 Å². The maximum Gasteiger partial charge on any atom is 0.257 e. The summed E-state index contributed by atoms with van der Waals surface area (Å²) >= 11 is 21.8. The zero-order valence-corrected chi connectivity index (χ0v) is 19.0. The minimum Gasteiger partial charge on any atom is -0.496 e. The van der Waals surface area contributed by atoms with Gasteiger partial charge < -0.3 is 10.1 Å². The number of thiocarbonyl (C=S) groups is 1. The molecule has 2 aromatic carbocycles. The number of nitrogens with one attached hydrogen (secondary N) is 2. The molecule has 0 aliphatic heterocycles. The summed E-state index contributed by atoms with van der Waals surface area (Å²) in [6.45, 7) is 0. The highest BCUT2D eigenvalue weighted by Gasteiger charge is 2.12. The zero-order chi connectivity index (χ0) is 20.3. The first-order chi connectivity index (χ1) is 13.4. The molecule has 0 aliphatic rings. The van der Waals surface area contributed by atoms with E-state index in [1.54, 1.807) is 19.2 Å². The van der Waals surface area contributed by atoms with Crippen LogP contribution in [0.3, 0.4) is 0 Å². The van der Waals surface area contributed by atoms with Crippen LogP contribution in [-0.2, 0) is 0 Å². The normalized spacial score (nSPS) is 10.4. The van der Waals surface area contributed by atoms with Crippen molar-refractivity contribution >= 4 is 78.8 Å². The van der Waals surface area contributed by atoms with Crippen LogP contribution in [0.2, 0.25) is 10.0 Å². The summed E-state index contributed by atoms with van der Waals surface area (Å²) < 4.78 is 6.06. The van der Waals surface area contributed by atoms with Gasteiger partial charge in [0.1, 0.15) is 5.75 Å². The molecule has 0 atom stereocenters. The average Bonchev–Trinajstić information content (AvgIpc) is 3.12. The maximum atomic E-state index is 12.3. The molecule has 0 unspecified atom stereocenters. The van der Waals surface area contributed by atoms with E-state index in [4.69, 9.17) is 40.2 Å². The molecule has 0 aliphatic carbocycles. The molecule has 144 valence electrons. The number of rotatable bonds is 4. The lowest BCUT2D eigenvalue weighted by molar-refractivity contribution is 0.0977. The first-order valence-corrected chi connectivity index (χ1v) is 10.6. The predicted molar refractivity (Wildman–Crippen MR) is 122 cm³/mol. The third kappa shape index (κ3) is 5.01. The third-order valence-corrected chi connectivity index (χ3v) is 5.90. The minimum atomic E-state index is -0.396. The Morgan fingerprint density at radius 3 is 2.68 bits per heavy atom. The van der Waals surface area contributed by atoms with E-state index in [1.165, 1.54) is 17.4 Å². The van der Waals surface area contributed by atoms with Crippen molar-refractivity contribution in [1.82, 2.24) is 10.3 Å². The SMILES string of the molecule is COc1ccc(-c2csc(NC(=S)NC(=O)c3ccc(Cl)c(Cl)c3)n2)cc1Br. The number of amides is 1. The molecule has 0 radical (unpaired) electrons. The van der Waals surface area contributed by atoms with Crippen LogP contribution >= 0.6 is 62.7 Å². The van der Waals surface area contributed by atoms with E-state index in [0.29, 0.717) is 20.7 Å². The molecule has 0 saturated carbocycles. The molecule has 0 fully saturated rings. The Morgan fingerprint density at radius 1 is 1.21 bits per heavy atom. The standard InChI is InChI=1S/C18H12BrCl2N3O2S2/c1-26-15-5-3-9(6-11(15)19)14-8-28-18(22-14)24-17(27)23-16(25)10-2-4-12(20)13(21)7-10/h2-8H,1H3,(H2,22,23,24,25,27). The van der Waals surface area contributed by atoms with E-state index in [9.17, 15) is 4.79 Å². The Hall–Kier alpha value is -1.71. The number of carbonyl (C=O) groups is 1. The number of anilines is 1. The maximum absolute atomic E-state index is 12.3. The monoisotopic (exact) mass is 515 g/mol. The molecule has 10 heteroatoms. The van der Waals surface area contributed by atoms with Gasteiger partial charge in [-0.2, -0.15) is 0 Å². The number of nitrogens with zero attached hydrogens (tertiary/aromatic N) is 1. The summed E-state index contributed by atoms with van der Waals surface area (Å²) in [5.74, 6) is 0.343. The lowest BCUT2D eigenvalue weighted by atomic mass is 10.2. The molecule has 1 heterocycles. The van der Waals surface area contributed by atoms with Crippen LogP contribution in [0.1, 0.15) is 10.4 Å². The molecule has 0 spiro atoms. The number of hydrogen-bond acceptors (Lipinski definition) is 5. The molecule has 1 aromatic heterocycles. The van der Waals surface area contributed by atoms with Crippen molar-refractivity contribution in [2.24, 2.45) is 0 Å². The van der Waals surface area contributed by atoms with Crippen molar-refractivity contribution < 1.29 is 9.53 Å². The highest BCUT2D eigenvalue weighted by Crippen LogP contribution is 2.32. The van der Waals surface area contributed by atoms with Gasteiger partial charge in [0.15, 0.2) is 10.2 Å². The number of ether oxygens (including phenoxy) is 1. The van der Waals surface area contributed by atoms with Crippen molar-refractivity contribution in [2.75, 3.05) is 12.4 Å². The van der Waals surface area contributed by atoms with E-state index in [2.05, 4.69) is 31.5 Å². The summed E-state index contributed by atoms with van der Waals surface area (Å²) in [6, 6.07) is 10.3. The number of thiazole rings is 1. The molecule has 0 saturated heterocycles. The van der Waals surface area contributed by atoms with Gasteiger partial charge in [-0.1, -0.05) is 23.2 Å². The number of halogens is 3. The number of hydrogen-bond donors (Lipinski definition) is 2. The Bertz CT molecular complexity index is 1060. The first-order valence-electron chi connectivity index (χ1n) is 7.74. The largest absolute Gasteiger partial charge is 0.496 e. The van der Waals surface area contributed by atoms with Crippen molar-refractivity contribution in [3.05, 3.63) is 61.9 Å². The average molecular weight is 517 g/mol. The molecular formula is C18H12BrCl2N3O2S2. The molecule has 2 N–H and O–H groups in total. The lowest BCUT2D eigenvalue weighted by Crippen LogP contribution is -2.34. The summed E-state index contributed by atoms with van der Waals surface area (Å²) in [6.07, 6.45) is 0. The van der Waals surface area contributed by atoms with Gasteiger partial charge >= 0.3 is 0 Å². The van der Waals surface area contributed by atoms with Crippen LogP contribution in [0.5, 0.6) is 5.75 Å². The van der Waals surface area contributed by atoms with Gasteiger partial charge in [0.2, 0.25) is 0 Å². The molecule has 5 nitrogen and oxygen atoms in total. The van der Waals surface area contributed by atoms with Gasteiger partial charge in [0, 0.05) is 16.5 Å². The van der Waals surface area contributed by atoms with Gasteiger partial charge in [-0.25, -0.2) is 4.98 Å². The Balaban J connectivity index is 1.66. The summed E-state index contributed by atoms with van der Waals surface area (Å²) in [5, 5.41) is 8.74. The van der Waals surface area contributed by atoms with E-state index >= 15 is 0 Å². The third-order valence-electron chi connectivity index (χ3n) is 3.58. The second-order valence-electron chi connectivity index (χ2n) is 5.42. The fourth-order valence-corrected chi connectivity index (χ4v) is 4.05. The van der Waals surface area contributed by atoms with Crippen molar-refractivity contribution in [3.63, 3.8) is 0 Å². The van der Waals surface area contributed by atoms with E-state index in [-0.39, 0.29) is 5.11 Å². The number of methoxy groups -OCH3 is 1. The van der Waals surface area contributed by atoms with Crippen LogP contribution in [0.15, 0.2) is 46.3 Å². The summed E-state index contributed by atoms with van der Waals surface area (Å²) in [7, 11) is 1.61. The van der Waals surface area contributed by atoms with Gasteiger partial charge in [0.05, 0.1) is 27.3 Å². The van der Waals surface area contributed by atoms with Gasteiger partial charge in [-0.15, -0.1) is 11.3 Å². The molecular weight excluding hydrogens is 505 g/mol. The van der Waals surface area contributed by atoms with Crippen LogP contribution < -0.4 is 15.4 Å². The van der Waals surface area contributed by atoms with Gasteiger partial charge in [-0.3, -0.25) is 10.1 Å². The van der Waals surface area contributed by atoms with Crippen molar-refractivity contribution in [2.45, 2.75) is 0 Å². The smallest absolute Gasteiger partial charge is 0.257 e. The van der Waals surface area contributed by atoms with Crippen LogP contribution in [0, 0.1) is 0 Å². The van der Waals surface area contributed by atoms with E-state index in [1.807, 2.05) is 23.6 Å². The number of benzene rings is 2. The second-order valence-corrected chi connectivity index (χ2v) is 8.36. The van der Waals surface area contributed by atoms with Gasteiger partial charge in [0.25, 0.3) is 5.91 Å². The quantitative estimate of drug-likeness (QED) is 0.415. The topological polar surface area (TPSA) is 63.2 Å². The van der Waals surface area contributed by atoms with E-state index < -0.39 is 5.91 Å². The Morgan fingerprint density at radius 2 is 2.00 bits per heavy atom. The van der Waals surface area contributed by atoms with Crippen LogP contribution in [-0.4, -0.2) is 23.1 Å². The van der Waals surface area contributed by atoms with E-state index in [0.717, 1.165) is 21.5 Å². The zero-order valence-electron chi connectivity index (χ0n) is 14.3. The predicted octanol–water partition coefficient (Wildman–Crippen LogP) is 6.01. The summed E-state index contributed by atoms with van der Waals surface area (Å²) in [4.78, 5) is 16.8. The molecule has 3 rings (SSSR count). The number of aromatic nitrogens is 1. The lowest BCUT2D eigenvalue weighted by Gasteiger charge is -2.08. The summed E-state index contributed by atoms with van der Waals surface area (Å²) in [5.41, 5.74) is 2.04. The Labute approximate surface area is 189 Å². The fraction of sp³-hybridized carbons (Fsp3) is 0.0556. The first kappa shape index (κ1) is 21.0. The second kappa shape index (κ2) is 9.19. The van der Waals surface area contributed by atoms with Crippen molar-refractivity contribution in [1.29, 1.82) is 0 Å². The molecule has 0 bridgehead atoms. The number of carbonyl (C=O) groups excluding carboxylic acids is 1. The molecule has 3 aromatic rings.